The molecule has 18 heavy (non-hydrogen) atoms. The van der Waals surface area contributed by atoms with Crippen molar-refractivity contribution >= 4 is 5.97 Å². The summed E-state index contributed by atoms with van der Waals surface area (Å²) < 4.78 is 5.16. The zero-order valence-corrected chi connectivity index (χ0v) is 12.9. The number of hydrogen-bond acceptors (Lipinski definition) is 4. The molecule has 0 aliphatic heterocycles. The lowest BCUT2D eigenvalue weighted by molar-refractivity contribution is -0.152. The van der Waals surface area contributed by atoms with Gasteiger partial charge in [-0.05, 0) is 32.9 Å². The SMILES string of the molecule is CCOC(=O)C(C)(NCCN(CC)CC)C(C)C. The molecule has 0 amide bonds. The van der Waals surface area contributed by atoms with Crippen molar-refractivity contribution in [2.24, 2.45) is 5.92 Å². The lowest BCUT2D eigenvalue weighted by atomic mass is 9.88. The number of carbonyl (C=O) groups excluding carboxylic acids is 1. The number of carbonyl (C=O) groups is 1. The van der Waals surface area contributed by atoms with Crippen LogP contribution in [0.3, 0.4) is 0 Å². The number of hydrogen-bond donors (Lipinski definition) is 1. The van der Waals surface area contributed by atoms with Crippen LogP contribution in [0.4, 0.5) is 0 Å². The van der Waals surface area contributed by atoms with Crippen molar-refractivity contribution in [1.29, 1.82) is 0 Å². The van der Waals surface area contributed by atoms with E-state index in [1.54, 1.807) is 0 Å². The Hall–Kier alpha value is -0.610. The van der Waals surface area contributed by atoms with E-state index >= 15 is 0 Å². The van der Waals surface area contributed by atoms with E-state index in [1.807, 2.05) is 27.7 Å². The second-order valence-electron chi connectivity index (χ2n) is 5.03. The van der Waals surface area contributed by atoms with Crippen molar-refractivity contribution in [3.8, 4) is 0 Å². The van der Waals surface area contributed by atoms with Gasteiger partial charge in [-0.15, -0.1) is 0 Å². The Morgan fingerprint density at radius 1 is 1.28 bits per heavy atom. The Morgan fingerprint density at radius 2 is 1.83 bits per heavy atom. The van der Waals surface area contributed by atoms with Crippen LogP contribution in [0.1, 0.15) is 41.5 Å². The third-order valence-electron chi connectivity index (χ3n) is 3.67. The summed E-state index contributed by atoms with van der Waals surface area (Å²) in [5.41, 5.74) is -0.594. The van der Waals surface area contributed by atoms with E-state index in [4.69, 9.17) is 4.74 Å². The van der Waals surface area contributed by atoms with E-state index in [2.05, 4.69) is 24.1 Å². The lowest BCUT2D eigenvalue weighted by Gasteiger charge is -2.33. The fourth-order valence-corrected chi connectivity index (χ4v) is 1.81. The monoisotopic (exact) mass is 258 g/mol. The average molecular weight is 258 g/mol. The fourth-order valence-electron chi connectivity index (χ4n) is 1.81. The highest BCUT2D eigenvalue weighted by atomic mass is 16.5. The van der Waals surface area contributed by atoms with Crippen LogP contribution in [-0.4, -0.2) is 49.2 Å². The normalized spacial score (nSPS) is 14.9. The van der Waals surface area contributed by atoms with E-state index in [0.29, 0.717) is 6.61 Å². The number of ether oxygens (including phenoxy) is 1. The Morgan fingerprint density at radius 3 is 2.22 bits per heavy atom. The highest BCUT2D eigenvalue weighted by molar-refractivity contribution is 5.80. The predicted molar refractivity (Wildman–Crippen MR) is 75.7 cm³/mol. The zero-order valence-electron chi connectivity index (χ0n) is 12.9. The first-order valence-electron chi connectivity index (χ1n) is 7.06. The lowest BCUT2D eigenvalue weighted by Crippen LogP contribution is -2.56. The van der Waals surface area contributed by atoms with Crippen LogP contribution in [0.25, 0.3) is 0 Å². The largest absolute Gasteiger partial charge is 0.465 e. The summed E-state index contributed by atoms with van der Waals surface area (Å²) in [5, 5.41) is 3.36. The van der Waals surface area contributed by atoms with Crippen molar-refractivity contribution in [2.75, 3.05) is 32.8 Å². The molecule has 4 heteroatoms. The third-order valence-corrected chi connectivity index (χ3v) is 3.67. The molecule has 4 nitrogen and oxygen atoms in total. The molecule has 0 saturated carbocycles. The van der Waals surface area contributed by atoms with Crippen molar-refractivity contribution in [2.45, 2.75) is 47.1 Å². The van der Waals surface area contributed by atoms with E-state index in [0.717, 1.165) is 26.2 Å². The molecule has 0 fully saturated rings. The van der Waals surface area contributed by atoms with Gasteiger partial charge in [0, 0.05) is 13.1 Å². The average Bonchev–Trinajstić information content (AvgIpc) is 2.34. The molecule has 0 rings (SSSR count). The Bertz CT molecular complexity index is 240. The summed E-state index contributed by atoms with van der Waals surface area (Å²) in [5.74, 6) is 0.0489. The summed E-state index contributed by atoms with van der Waals surface area (Å²) in [6, 6.07) is 0. The van der Waals surface area contributed by atoms with E-state index in [1.165, 1.54) is 0 Å². The molecular weight excluding hydrogens is 228 g/mol. The number of rotatable bonds is 9. The smallest absolute Gasteiger partial charge is 0.326 e. The summed E-state index contributed by atoms with van der Waals surface area (Å²) in [4.78, 5) is 14.4. The van der Waals surface area contributed by atoms with Crippen LogP contribution >= 0.6 is 0 Å². The number of esters is 1. The van der Waals surface area contributed by atoms with Crippen LogP contribution in [0, 0.1) is 5.92 Å². The summed E-state index contributed by atoms with van der Waals surface area (Å²) in [7, 11) is 0. The summed E-state index contributed by atoms with van der Waals surface area (Å²) in [6.07, 6.45) is 0. The molecular formula is C14H30N2O2. The first kappa shape index (κ1) is 17.4. The fraction of sp³-hybridized carbons (Fsp3) is 0.929. The van der Waals surface area contributed by atoms with Crippen molar-refractivity contribution in [3.05, 3.63) is 0 Å². The summed E-state index contributed by atoms with van der Waals surface area (Å²) in [6.45, 7) is 16.4. The minimum absolute atomic E-state index is 0.153. The minimum atomic E-state index is -0.594. The predicted octanol–water partition coefficient (Wildman–Crippen LogP) is 1.90. The topological polar surface area (TPSA) is 41.6 Å². The van der Waals surface area contributed by atoms with Gasteiger partial charge in [-0.2, -0.15) is 0 Å². The number of nitrogens with one attached hydrogen (secondary N) is 1. The van der Waals surface area contributed by atoms with Gasteiger partial charge in [0.15, 0.2) is 0 Å². The Labute approximate surface area is 112 Å². The van der Waals surface area contributed by atoms with Gasteiger partial charge in [-0.3, -0.25) is 4.79 Å². The van der Waals surface area contributed by atoms with E-state index in [9.17, 15) is 4.79 Å². The maximum atomic E-state index is 12.0. The first-order chi connectivity index (χ1) is 8.42. The molecule has 0 aliphatic carbocycles. The van der Waals surface area contributed by atoms with Crippen molar-refractivity contribution in [1.82, 2.24) is 10.2 Å². The van der Waals surface area contributed by atoms with E-state index in [-0.39, 0.29) is 11.9 Å². The van der Waals surface area contributed by atoms with Gasteiger partial charge in [-0.25, -0.2) is 0 Å². The third kappa shape index (κ3) is 4.94. The standard InChI is InChI=1S/C14H30N2O2/c1-7-16(8-2)11-10-15-14(6,12(4)5)13(17)18-9-3/h12,15H,7-11H2,1-6H3. The highest BCUT2D eigenvalue weighted by Crippen LogP contribution is 2.18. The molecule has 0 spiro atoms. The van der Waals surface area contributed by atoms with Gasteiger partial charge in [0.1, 0.15) is 5.54 Å². The number of likely N-dealkylation sites (N-methyl/N-ethyl adjacent to an activating group) is 1. The molecule has 0 bridgehead atoms. The zero-order chi connectivity index (χ0) is 14.2. The maximum Gasteiger partial charge on any atom is 0.326 e. The highest BCUT2D eigenvalue weighted by Gasteiger charge is 2.37. The molecule has 0 heterocycles. The Kier molecular flexibility index (Phi) is 8.20. The van der Waals surface area contributed by atoms with Gasteiger partial charge >= 0.3 is 5.97 Å². The quantitative estimate of drug-likeness (QED) is 0.641. The van der Waals surface area contributed by atoms with Gasteiger partial charge in [0.05, 0.1) is 6.61 Å². The molecule has 0 radical (unpaired) electrons. The first-order valence-corrected chi connectivity index (χ1v) is 7.06. The molecule has 0 saturated heterocycles. The van der Waals surface area contributed by atoms with Crippen LogP contribution in [0.15, 0.2) is 0 Å². The number of nitrogens with zero attached hydrogens (tertiary/aromatic N) is 1. The summed E-state index contributed by atoms with van der Waals surface area (Å²) >= 11 is 0. The van der Waals surface area contributed by atoms with Gasteiger partial charge in [0.25, 0.3) is 0 Å². The van der Waals surface area contributed by atoms with Gasteiger partial charge in [-0.1, -0.05) is 27.7 Å². The molecule has 1 atom stereocenters. The second-order valence-corrected chi connectivity index (χ2v) is 5.03. The molecule has 0 aromatic heterocycles. The molecule has 0 aromatic rings. The molecule has 0 aromatic carbocycles. The van der Waals surface area contributed by atoms with Crippen molar-refractivity contribution in [3.63, 3.8) is 0 Å². The Balaban J connectivity index is 4.40. The molecule has 1 N–H and O–H groups in total. The van der Waals surface area contributed by atoms with Crippen LogP contribution < -0.4 is 5.32 Å². The molecule has 1 unspecified atom stereocenters. The van der Waals surface area contributed by atoms with Crippen LogP contribution in [-0.2, 0) is 9.53 Å². The maximum absolute atomic E-state index is 12.0. The molecule has 108 valence electrons. The van der Waals surface area contributed by atoms with Crippen molar-refractivity contribution < 1.29 is 9.53 Å². The minimum Gasteiger partial charge on any atom is -0.465 e. The van der Waals surface area contributed by atoms with Gasteiger partial charge < -0.3 is 15.0 Å². The second kappa shape index (κ2) is 8.48. The van der Waals surface area contributed by atoms with Crippen LogP contribution in [0.5, 0.6) is 0 Å². The van der Waals surface area contributed by atoms with E-state index < -0.39 is 5.54 Å². The van der Waals surface area contributed by atoms with Gasteiger partial charge in [0.2, 0.25) is 0 Å². The molecule has 0 aliphatic rings. The van der Waals surface area contributed by atoms with Crippen LogP contribution in [0.2, 0.25) is 0 Å².